The summed E-state index contributed by atoms with van der Waals surface area (Å²) >= 11 is 1.69. The van der Waals surface area contributed by atoms with Crippen molar-refractivity contribution in [1.82, 2.24) is 15.0 Å². The summed E-state index contributed by atoms with van der Waals surface area (Å²) in [6.07, 6.45) is 0.866. The third-order valence-corrected chi connectivity index (χ3v) is 4.83. The molecule has 0 fully saturated rings. The average Bonchev–Trinajstić information content (AvgIpc) is 3.03. The quantitative estimate of drug-likeness (QED) is 0.659. The highest BCUT2D eigenvalue weighted by Gasteiger charge is 2.23. The van der Waals surface area contributed by atoms with E-state index in [1.807, 2.05) is 31.2 Å². The fraction of sp³-hybridized carbons (Fsp3) is 0.167. The summed E-state index contributed by atoms with van der Waals surface area (Å²) < 4.78 is 14.3. The standard InChI is InChI=1S/C18H14FN3S/c1-11-5-4-8-15(20-11)17-21-16(12-6-2-3-7-14(12)19)13-9-10-23-18(13)22-17/h2-8H,9-10H2,1H3. The third-order valence-electron chi connectivity index (χ3n) is 3.81. The number of fused-ring (bicyclic) bond motifs is 1. The molecule has 1 aromatic carbocycles. The molecule has 0 unspecified atom stereocenters. The average molecular weight is 323 g/mol. The van der Waals surface area contributed by atoms with Crippen LogP contribution in [0.2, 0.25) is 0 Å². The van der Waals surface area contributed by atoms with Crippen molar-refractivity contribution in [3.8, 4) is 22.8 Å². The van der Waals surface area contributed by atoms with Gasteiger partial charge in [0.15, 0.2) is 5.82 Å². The summed E-state index contributed by atoms with van der Waals surface area (Å²) in [5, 5.41) is 0.941. The number of hydrogen-bond acceptors (Lipinski definition) is 4. The summed E-state index contributed by atoms with van der Waals surface area (Å²) in [5.41, 5.74) is 3.89. The minimum atomic E-state index is -0.256. The van der Waals surface area contributed by atoms with Crippen LogP contribution in [-0.4, -0.2) is 20.7 Å². The Morgan fingerprint density at radius 2 is 1.87 bits per heavy atom. The minimum absolute atomic E-state index is 0.256. The van der Waals surface area contributed by atoms with Crippen LogP contribution in [-0.2, 0) is 6.42 Å². The van der Waals surface area contributed by atoms with Gasteiger partial charge in [-0.1, -0.05) is 18.2 Å². The Kier molecular flexibility index (Phi) is 3.58. The van der Waals surface area contributed by atoms with Crippen molar-refractivity contribution in [1.29, 1.82) is 0 Å². The molecule has 0 saturated heterocycles. The third kappa shape index (κ3) is 2.61. The Morgan fingerprint density at radius 3 is 2.70 bits per heavy atom. The Hall–Kier alpha value is -2.27. The molecule has 23 heavy (non-hydrogen) atoms. The van der Waals surface area contributed by atoms with E-state index in [1.54, 1.807) is 23.9 Å². The van der Waals surface area contributed by atoms with Crippen LogP contribution in [0.15, 0.2) is 47.5 Å². The Bertz CT molecular complexity index is 895. The molecule has 1 aliphatic rings. The molecule has 0 radical (unpaired) electrons. The van der Waals surface area contributed by atoms with Gasteiger partial charge in [0.25, 0.3) is 0 Å². The number of rotatable bonds is 2. The molecule has 5 heteroatoms. The molecular formula is C18H14FN3S. The van der Waals surface area contributed by atoms with Gasteiger partial charge in [-0.3, -0.25) is 0 Å². The molecule has 114 valence electrons. The normalized spacial score (nSPS) is 13.1. The lowest BCUT2D eigenvalue weighted by Gasteiger charge is -2.10. The maximum atomic E-state index is 14.3. The maximum Gasteiger partial charge on any atom is 0.179 e. The number of hydrogen-bond donors (Lipinski definition) is 0. The fourth-order valence-corrected chi connectivity index (χ4v) is 3.74. The highest BCUT2D eigenvalue weighted by Crippen LogP contribution is 2.37. The first-order valence-corrected chi connectivity index (χ1v) is 8.43. The molecular weight excluding hydrogens is 309 g/mol. The molecule has 2 aromatic heterocycles. The topological polar surface area (TPSA) is 38.7 Å². The van der Waals surface area contributed by atoms with Gasteiger partial charge in [-0.25, -0.2) is 19.3 Å². The summed E-state index contributed by atoms with van der Waals surface area (Å²) in [6.45, 7) is 1.93. The smallest absolute Gasteiger partial charge is 0.179 e. The molecule has 0 aliphatic carbocycles. The van der Waals surface area contributed by atoms with Crippen LogP contribution >= 0.6 is 11.8 Å². The van der Waals surface area contributed by atoms with Gasteiger partial charge in [0, 0.05) is 22.6 Å². The van der Waals surface area contributed by atoms with Crippen LogP contribution < -0.4 is 0 Å². The summed E-state index contributed by atoms with van der Waals surface area (Å²) in [6, 6.07) is 12.5. The van der Waals surface area contributed by atoms with Crippen molar-refractivity contribution < 1.29 is 4.39 Å². The summed E-state index contributed by atoms with van der Waals surface area (Å²) in [4.78, 5) is 13.8. The van der Waals surface area contributed by atoms with Crippen LogP contribution in [0.1, 0.15) is 11.3 Å². The molecule has 0 atom stereocenters. The lowest BCUT2D eigenvalue weighted by molar-refractivity contribution is 0.630. The van der Waals surface area contributed by atoms with E-state index in [0.29, 0.717) is 17.1 Å². The number of nitrogens with zero attached hydrogens (tertiary/aromatic N) is 3. The van der Waals surface area contributed by atoms with Gasteiger partial charge in [-0.15, -0.1) is 11.8 Å². The van der Waals surface area contributed by atoms with E-state index in [4.69, 9.17) is 0 Å². The van der Waals surface area contributed by atoms with E-state index in [1.165, 1.54) is 6.07 Å². The number of aryl methyl sites for hydroxylation is 1. The molecule has 0 N–H and O–H groups in total. The Morgan fingerprint density at radius 1 is 1.00 bits per heavy atom. The Balaban J connectivity index is 1.94. The zero-order valence-corrected chi connectivity index (χ0v) is 13.4. The number of benzene rings is 1. The highest BCUT2D eigenvalue weighted by atomic mass is 32.2. The van der Waals surface area contributed by atoms with Gasteiger partial charge in [-0.2, -0.15) is 0 Å². The predicted octanol–water partition coefficient (Wildman–Crippen LogP) is 4.30. The lowest BCUT2D eigenvalue weighted by Crippen LogP contribution is -2.01. The second-order valence-electron chi connectivity index (χ2n) is 5.42. The molecule has 0 bridgehead atoms. The van der Waals surface area contributed by atoms with Gasteiger partial charge in [0.05, 0.1) is 5.69 Å². The monoisotopic (exact) mass is 323 g/mol. The highest BCUT2D eigenvalue weighted by molar-refractivity contribution is 7.99. The summed E-state index contributed by atoms with van der Waals surface area (Å²) in [5.74, 6) is 1.25. The van der Waals surface area contributed by atoms with E-state index < -0.39 is 0 Å². The van der Waals surface area contributed by atoms with Gasteiger partial charge in [0.1, 0.15) is 16.5 Å². The first-order chi connectivity index (χ1) is 11.2. The molecule has 0 amide bonds. The van der Waals surface area contributed by atoms with Crippen LogP contribution in [0.4, 0.5) is 4.39 Å². The zero-order chi connectivity index (χ0) is 15.8. The van der Waals surface area contributed by atoms with Crippen LogP contribution in [0.25, 0.3) is 22.8 Å². The van der Waals surface area contributed by atoms with E-state index >= 15 is 0 Å². The SMILES string of the molecule is Cc1cccc(-c2nc3c(c(-c4ccccc4F)n2)CCS3)n1. The number of thioether (sulfide) groups is 1. The largest absolute Gasteiger partial charge is 0.250 e. The molecule has 3 nitrogen and oxygen atoms in total. The molecule has 0 spiro atoms. The van der Waals surface area contributed by atoms with Crippen molar-refractivity contribution >= 4 is 11.8 Å². The Labute approximate surface area is 138 Å². The van der Waals surface area contributed by atoms with Gasteiger partial charge < -0.3 is 0 Å². The minimum Gasteiger partial charge on any atom is -0.250 e. The van der Waals surface area contributed by atoms with E-state index in [9.17, 15) is 4.39 Å². The van der Waals surface area contributed by atoms with E-state index in [-0.39, 0.29) is 5.82 Å². The van der Waals surface area contributed by atoms with Crippen molar-refractivity contribution in [3.05, 3.63) is 59.5 Å². The summed E-state index contributed by atoms with van der Waals surface area (Å²) in [7, 11) is 0. The molecule has 3 heterocycles. The molecule has 1 aliphatic heterocycles. The van der Waals surface area contributed by atoms with Crippen LogP contribution in [0.3, 0.4) is 0 Å². The number of aromatic nitrogens is 3. The van der Waals surface area contributed by atoms with Crippen molar-refractivity contribution in [2.24, 2.45) is 0 Å². The molecule has 0 saturated carbocycles. The predicted molar refractivity (Wildman–Crippen MR) is 89.8 cm³/mol. The van der Waals surface area contributed by atoms with Crippen molar-refractivity contribution in [3.63, 3.8) is 0 Å². The molecule has 4 rings (SSSR count). The maximum absolute atomic E-state index is 14.3. The second kappa shape index (κ2) is 5.74. The van der Waals surface area contributed by atoms with Gasteiger partial charge in [0.2, 0.25) is 0 Å². The second-order valence-corrected chi connectivity index (χ2v) is 6.51. The van der Waals surface area contributed by atoms with E-state index in [2.05, 4.69) is 15.0 Å². The number of halogens is 1. The van der Waals surface area contributed by atoms with Crippen molar-refractivity contribution in [2.75, 3.05) is 5.75 Å². The van der Waals surface area contributed by atoms with Crippen LogP contribution in [0.5, 0.6) is 0 Å². The first-order valence-electron chi connectivity index (χ1n) is 7.45. The fourth-order valence-electron chi connectivity index (χ4n) is 2.72. The van der Waals surface area contributed by atoms with Crippen molar-refractivity contribution in [2.45, 2.75) is 18.4 Å². The number of pyridine rings is 1. The first kappa shape index (κ1) is 14.3. The van der Waals surface area contributed by atoms with Gasteiger partial charge in [-0.05, 0) is 37.6 Å². The van der Waals surface area contributed by atoms with E-state index in [0.717, 1.165) is 34.2 Å². The lowest BCUT2D eigenvalue weighted by atomic mass is 10.0. The molecule has 3 aromatic rings. The van der Waals surface area contributed by atoms with Gasteiger partial charge >= 0.3 is 0 Å². The zero-order valence-electron chi connectivity index (χ0n) is 12.6. The van der Waals surface area contributed by atoms with Crippen LogP contribution in [0, 0.1) is 12.7 Å².